The fourth-order valence-electron chi connectivity index (χ4n) is 2.57. The van der Waals surface area contributed by atoms with Crippen molar-refractivity contribution in [2.75, 3.05) is 13.2 Å². The van der Waals surface area contributed by atoms with Gasteiger partial charge in [0.15, 0.2) is 5.43 Å². The maximum atomic E-state index is 12.8. The molecule has 0 spiro atoms. The van der Waals surface area contributed by atoms with Crippen molar-refractivity contribution < 1.29 is 18.0 Å². The van der Waals surface area contributed by atoms with Gasteiger partial charge in [0.1, 0.15) is 23.2 Å². The zero-order chi connectivity index (χ0) is 18.6. The van der Waals surface area contributed by atoms with E-state index in [9.17, 15) is 14.6 Å². The molecule has 0 N–H and O–H groups in total. The number of allylic oxidation sites excluding steroid dienone is 1. The predicted molar refractivity (Wildman–Crippen MR) is 96.4 cm³/mol. The summed E-state index contributed by atoms with van der Waals surface area (Å²) in [5.74, 6) is 0. The van der Waals surface area contributed by atoms with Crippen LogP contribution in [-0.4, -0.2) is 13.2 Å². The Hall–Kier alpha value is -2.19. The van der Waals surface area contributed by atoms with Crippen LogP contribution in [0.3, 0.4) is 0 Å². The molecular weight excluding hydrogens is 341 g/mol. The lowest BCUT2D eigenvalue weighted by Gasteiger charge is -2.15. The van der Waals surface area contributed by atoms with Crippen LogP contribution in [0.15, 0.2) is 32.9 Å². The van der Waals surface area contributed by atoms with Crippen molar-refractivity contribution in [1.82, 2.24) is 0 Å². The highest BCUT2D eigenvalue weighted by Gasteiger charge is 2.30. The molecule has 0 saturated heterocycles. The second-order valence-corrected chi connectivity index (χ2v) is 7.44. The van der Waals surface area contributed by atoms with Gasteiger partial charge < -0.3 is 13.5 Å². The smallest absolute Gasteiger partial charge is 0.371 e. The van der Waals surface area contributed by atoms with Gasteiger partial charge in [0.25, 0.3) is 0 Å². The first-order valence-corrected chi connectivity index (χ1v) is 9.44. The third kappa shape index (κ3) is 3.91. The summed E-state index contributed by atoms with van der Waals surface area (Å²) < 4.78 is 28.6. The molecule has 132 valence electrons. The van der Waals surface area contributed by atoms with Crippen molar-refractivity contribution in [3.63, 3.8) is 0 Å². The fourth-order valence-corrected chi connectivity index (χ4v) is 4.03. The minimum absolute atomic E-state index is 0.112. The van der Waals surface area contributed by atoms with Gasteiger partial charge in [-0.3, -0.25) is 9.36 Å². The molecule has 2 rings (SSSR count). The van der Waals surface area contributed by atoms with Crippen molar-refractivity contribution in [3.8, 4) is 6.07 Å². The average molecular weight is 361 g/mol. The predicted octanol–water partition coefficient (Wildman–Crippen LogP) is 4.54. The van der Waals surface area contributed by atoms with Gasteiger partial charge in [-0.05, 0) is 51.0 Å². The number of benzene rings is 1. The van der Waals surface area contributed by atoms with Crippen LogP contribution in [0.4, 0.5) is 0 Å². The van der Waals surface area contributed by atoms with Crippen LogP contribution >= 0.6 is 7.60 Å². The molecular formula is C18H20NO5P. The summed E-state index contributed by atoms with van der Waals surface area (Å²) in [4.78, 5) is 12.8. The van der Waals surface area contributed by atoms with Crippen molar-refractivity contribution in [3.05, 3.63) is 50.6 Å². The molecule has 0 amide bonds. The third-order valence-corrected chi connectivity index (χ3v) is 5.56. The molecule has 0 aliphatic heterocycles. The van der Waals surface area contributed by atoms with Gasteiger partial charge in [0, 0.05) is 0 Å². The van der Waals surface area contributed by atoms with Gasteiger partial charge >= 0.3 is 7.60 Å². The first-order chi connectivity index (χ1) is 11.9. The summed E-state index contributed by atoms with van der Waals surface area (Å²) in [6.45, 7) is 7.25. The molecule has 1 aromatic carbocycles. The van der Waals surface area contributed by atoms with E-state index in [-0.39, 0.29) is 29.5 Å². The van der Waals surface area contributed by atoms with Crippen LogP contribution in [0, 0.1) is 25.2 Å². The SMILES string of the molecule is CCOP(=O)(OCC)/C(C#N)=C\c1coc2cc(C)cc(C)c2c1=O. The standard InChI is InChI=1S/C18H20NO5P/c1-5-23-25(21,24-6-2)15(10-19)9-14-11-22-16-8-12(3)7-13(4)17(16)18(14)20/h7-9,11H,5-6H2,1-4H3/b15-9-. The third-order valence-electron chi connectivity index (χ3n) is 3.55. The van der Waals surface area contributed by atoms with Crippen LogP contribution in [0.5, 0.6) is 0 Å². The van der Waals surface area contributed by atoms with E-state index in [4.69, 9.17) is 13.5 Å². The van der Waals surface area contributed by atoms with E-state index >= 15 is 0 Å². The molecule has 0 unspecified atom stereocenters. The lowest BCUT2D eigenvalue weighted by Crippen LogP contribution is -2.07. The van der Waals surface area contributed by atoms with Crippen LogP contribution in [0.2, 0.25) is 0 Å². The van der Waals surface area contributed by atoms with Crippen molar-refractivity contribution in [2.24, 2.45) is 0 Å². The minimum Gasteiger partial charge on any atom is -0.463 e. The van der Waals surface area contributed by atoms with E-state index in [0.29, 0.717) is 11.0 Å². The van der Waals surface area contributed by atoms with Gasteiger partial charge in [-0.15, -0.1) is 0 Å². The number of aryl methyl sites for hydroxylation is 2. The first kappa shape index (κ1) is 19.1. The van der Waals surface area contributed by atoms with Crippen molar-refractivity contribution >= 4 is 24.6 Å². The largest absolute Gasteiger partial charge is 0.463 e. The number of hydrogen-bond donors (Lipinski definition) is 0. The molecule has 1 aromatic heterocycles. The lowest BCUT2D eigenvalue weighted by molar-refractivity contribution is 0.227. The second-order valence-electron chi connectivity index (χ2n) is 5.45. The van der Waals surface area contributed by atoms with Gasteiger partial charge in [0.05, 0.1) is 24.2 Å². The quantitative estimate of drug-likeness (QED) is 0.554. The number of fused-ring (bicyclic) bond motifs is 1. The van der Waals surface area contributed by atoms with E-state index < -0.39 is 7.60 Å². The summed E-state index contributed by atoms with van der Waals surface area (Å²) in [5.41, 5.74) is 2.04. The molecule has 0 bridgehead atoms. The van der Waals surface area contributed by atoms with Gasteiger partial charge in [-0.2, -0.15) is 5.26 Å². The van der Waals surface area contributed by atoms with Crippen LogP contribution < -0.4 is 5.43 Å². The molecule has 7 heteroatoms. The summed E-state index contributed by atoms with van der Waals surface area (Å²) in [5, 5.41) is 9.59. The Labute approximate surface area is 146 Å². The number of rotatable bonds is 6. The van der Waals surface area contributed by atoms with E-state index in [2.05, 4.69) is 0 Å². The average Bonchev–Trinajstić information content (AvgIpc) is 2.54. The molecule has 1 heterocycles. The summed E-state index contributed by atoms with van der Waals surface area (Å²) in [7, 11) is -3.78. The minimum atomic E-state index is -3.78. The normalized spacial score (nSPS) is 12.4. The molecule has 0 aliphatic carbocycles. The Bertz CT molecular complexity index is 958. The van der Waals surface area contributed by atoms with E-state index in [1.54, 1.807) is 19.9 Å². The molecule has 2 aromatic rings. The Morgan fingerprint density at radius 3 is 2.48 bits per heavy atom. The maximum Gasteiger partial charge on any atom is 0.371 e. The molecule has 0 saturated carbocycles. The molecule has 0 atom stereocenters. The van der Waals surface area contributed by atoms with E-state index in [1.165, 1.54) is 12.3 Å². The van der Waals surface area contributed by atoms with Crippen molar-refractivity contribution in [1.29, 1.82) is 5.26 Å². The first-order valence-electron chi connectivity index (χ1n) is 7.90. The highest BCUT2D eigenvalue weighted by atomic mass is 31.2. The second kappa shape index (κ2) is 7.79. The summed E-state index contributed by atoms with van der Waals surface area (Å²) in [6.07, 6.45) is 2.47. The summed E-state index contributed by atoms with van der Waals surface area (Å²) >= 11 is 0. The zero-order valence-electron chi connectivity index (χ0n) is 14.7. The fraction of sp³-hybridized carbons (Fsp3) is 0.333. The van der Waals surface area contributed by atoms with Gasteiger partial charge in [-0.25, -0.2) is 0 Å². The van der Waals surface area contributed by atoms with Gasteiger partial charge in [0.2, 0.25) is 0 Å². The molecule has 6 nitrogen and oxygen atoms in total. The number of hydrogen-bond acceptors (Lipinski definition) is 6. The number of nitrogens with zero attached hydrogens (tertiary/aromatic N) is 1. The topological polar surface area (TPSA) is 89.5 Å². The number of nitriles is 1. The van der Waals surface area contributed by atoms with Crippen molar-refractivity contribution in [2.45, 2.75) is 27.7 Å². The van der Waals surface area contributed by atoms with E-state index in [0.717, 1.165) is 11.1 Å². The van der Waals surface area contributed by atoms with Crippen LogP contribution in [-0.2, 0) is 13.6 Å². The van der Waals surface area contributed by atoms with Crippen LogP contribution in [0.1, 0.15) is 30.5 Å². The highest BCUT2D eigenvalue weighted by molar-refractivity contribution is 7.59. The summed E-state index contributed by atoms with van der Waals surface area (Å²) in [6, 6.07) is 5.48. The lowest BCUT2D eigenvalue weighted by atomic mass is 10.1. The van der Waals surface area contributed by atoms with E-state index in [1.807, 2.05) is 26.0 Å². The monoisotopic (exact) mass is 361 g/mol. The molecule has 25 heavy (non-hydrogen) atoms. The molecule has 0 aliphatic rings. The Morgan fingerprint density at radius 2 is 1.92 bits per heavy atom. The molecule has 0 fully saturated rings. The Kier molecular flexibility index (Phi) is 5.97. The zero-order valence-corrected chi connectivity index (χ0v) is 15.6. The van der Waals surface area contributed by atoms with Gasteiger partial charge in [-0.1, -0.05) is 6.07 Å². The Balaban J connectivity index is 2.66. The Morgan fingerprint density at radius 1 is 1.28 bits per heavy atom. The molecule has 0 radical (unpaired) electrons. The maximum absolute atomic E-state index is 12.8. The highest BCUT2D eigenvalue weighted by Crippen LogP contribution is 2.56. The van der Waals surface area contributed by atoms with Crippen LogP contribution in [0.25, 0.3) is 17.0 Å².